The second-order valence-electron chi connectivity index (χ2n) is 7.73. The highest BCUT2D eigenvalue weighted by Crippen LogP contribution is 2.44. The van der Waals surface area contributed by atoms with Gasteiger partial charge in [0, 0.05) is 16.7 Å². The summed E-state index contributed by atoms with van der Waals surface area (Å²) in [5.74, 6) is 0.876. The lowest BCUT2D eigenvalue weighted by molar-refractivity contribution is 0.129. The number of hydrogen-bond acceptors (Lipinski definition) is 3. The average molecular weight is 378 g/mol. The van der Waals surface area contributed by atoms with Crippen molar-refractivity contribution >= 4 is 11.3 Å². The molecule has 1 unspecified atom stereocenters. The fourth-order valence-corrected chi connectivity index (χ4v) is 3.70. The number of fused-ring (bicyclic) bond motifs is 1. The maximum absolute atomic E-state index is 6.12. The minimum absolute atomic E-state index is 0.00884. The maximum Gasteiger partial charge on any atom is 0.126 e. The number of hydrogen-bond donors (Lipinski definition) is 1. The molecule has 1 N–H and O–H groups in total. The number of benzene rings is 2. The third kappa shape index (κ3) is 4.31. The Labute approximate surface area is 169 Å². The number of methoxy groups -OCH3 is 1. The first-order valence-electron chi connectivity index (χ1n) is 10.0. The number of anilines is 1. The van der Waals surface area contributed by atoms with Crippen molar-refractivity contribution in [2.45, 2.75) is 45.8 Å². The van der Waals surface area contributed by atoms with Gasteiger partial charge in [0.15, 0.2) is 0 Å². The molecule has 0 bridgehead atoms. The van der Waals surface area contributed by atoms with Gasteiger partial charge in [-0.2, -0.15) is 0 Å². The summed E-state index contributed by atoms with van der Waals surface area (Å²) in [5.41, 5.74) is 5.61. The number of rotatable bonds is 7. The summed E-state index contributed by atoms with van der Waals surface area (Å²) in [6.07, 6.45) is 7.56. The number of ether oxygens (including phenoxy) is 2. The molecule has 1 heterocycles. The molecule has 3 nitrogen and oxygen atoms in total. The summed E-state index contributed by atoms with van der Waals surface area (Å²) >= 11 is 0. The van der Waals surface area contributed by atoms with E-state index in [0.717, 1.165) is 29.0 Å². The van der Waals surface area contributed by atoms with Gasteiger partial charge in [0.2, 0.25) is 0 Å². The summed E-state index contributed by atoms with van der Waals surface area (Å²) in [6, 6.07) is 14.6. The highest BCUT2D eigenvalue weighted by Gasteiger charge is 2.29. The van der Waals surface area contributed by atoms with Gasteiger partial charge in [0.05, 0.1) is 31.0 Å². The number of nitrogens with one attached hydrogen (secondary N) is 1. The van der Waals surface area contributed by atoms with E-state index >= 15 is 0 Å². The number of para-hydroxylation sites is 2. The minimum Gasteiger partial charge on any atom is -0.496 e. The zero-order valence-electron chi connectivity index (χ0n) is 17.6. The smallest absolute Gasteiger partial charge is 0.126 e. The van der Waals surface area contributed by atoms with E-state index in [-0.39, 0.29) is 11.6 Å². The molecular weight excluding hydrogens is 346 g/mol. The molecule has 0 spiro atoms. The Hall–Kier alpha value is -2.52. The van der Waals surface area contributed by atoms with Crippen molar-refractivity contribution in [3.63, 3.8) is 0 Å². The molecule has 0 saturated carbocycles. The SMILES string of the molecule is CC/C=C/COC(C)C1=CC(C)(C)Nc2c1cccc2-c1ccccc1OC. The van der Waals surface area contributed by atoms with Crippen LogP contribution >= 0.6 is 0 Å². The third-order valence-electron chi connectivity index (χ3n) is 5.02. The van der Waals surface area contributed by atoms with E-state index < -0.39 is 0 Å². The Balaban J connectivity index is 2.04. The van der Waals surface area contributed by atoms with Gasteiger partial charge in [0.25, 0.3) is 0 Å². The van der Waals surface area contributed by atoms with Crippen LogP contribution in [0.3, 0.4) is 0 Å². The first kappa shape index (κ1) is 20.2. The van der Waals surface area contributed by atoms with E-state index in [1.165, 1.54) is 11.1 Å². The van der Waals surface area contributed by atoms with Gasteiger partial charge in [-0.25, -0.2) is 0 Å². The van der Waals surface area contributed by atoms with E-state index in [2.05, 4.69) is 75.5 Å². The van der Waals surface area contributed by atoms with Crippen molar-refractivity contribution in [3.8, 4) is 16.9 Å². The molecule has 1 atom stereocenters. The van der Waals surface area contributed by atoms with Crippen LogP contribution in [0.15, 0.2) is 60.7 Å². The molecule has 0 aromatic heterocycles. The van der Waals surface area contributed by atoms with Gasteiger partial charge in [-0.1, -0.05) is 61.5 Å². The molecule has 0 amide bonds. The van der Waals surface area contributed by atoms with Crippen LogP contribution in [0.4, 0.5) is 5.69 Å². The van der Waals surface area contributed by atoms with Crippen molar-refractivity contribution in [3.05, 3.63) is 66.3 Å². The molecule has 0 saturated heterocycles. The van der Waals surface area contributed by atoms with Crippen LogP contribution in [-0.2, 0) is 4.74 Å². The fourth-order valence-electron chi connectivity index (χ4n) is 3.70. The molecule has 148 valence electrons. The van der Waals surface area contributed by atoms with E-state index in [9.17, 15) is 0 Å². The molecule has 28 heavy (non-hydrogen) atoms. The minimum atomic E-state index is -0.169. The Morgan fingerprint density at radius 3 is 2.46 bits per heavy atom. The van der Waals surface area contributed by atoms with Crippen molar-refractivity contribution in [1.82, 2.24) is 0 Å². The van der Waals surface area contributed by atoms with Crippen LogP contribution < -0.4 is 10.1 Å². The third-order valence-corrected chi connectivity index (χ3v) is 5.02. The molecule has 0 radical (unpaired) electrons. The van der Waals surface area contributed by atoms with Crippen LogP contribution in [-0.4, -0.2) is 25.4 Å². The summed E-state index contributed by atoms with van der Waals surface area (Å²) in [7, 11) is 1.72. The molecule has 1 aliphatic heterocycles. The lowest BCUT2D eigenvalue weighted by Gasteiger charge is -2.35. The average Bonchev–Trinajstić information content (AvgIpc) is 2.69. The summed E-state index contributed by atoms with van der Waals surface area (Å²) in [5, 5.41) is 3.71. The second-order valence-corrected chi connectivity index (χ2v) is 7.73. The Morgan fingerprint density at radius 1 is 1.00 bits per heavy atom. The maximum atomic E-state index is 6.12. The van der Waals surface area contributed by atoms with E-state index in [4.69, 9.17) is 9.47 Å². The normalized spacial score (nSPS) is 16.2. The molecule has 2 aromatic carbocycles. The Morgan fingerprint density at radius 2 is 1.71 bits per heavy atom. The van der Waals surface area contributed by atoms with Gasteiger partial charge in [0.1, 0.15) is 5.75 Å². The summed E-state index contributed by atoms with van der Waals surface area (Å²) < 4.78 is 11.7. The largest absolute Gasteiger partial charge is 0.496 e. The predicted octanol–water partition coefficient (Wildman–Crippen LogP) is 6.32. The van der Waals surface area contributed by atoms with Crippen LogP contribution in [0.1, 0.15) is 39.7 Å². The topological polar surface area (TPSA) is 30.5 Å². The molecule has 3 heteroatoms. The number of allylic oxidation sites excluding steroid dienone is 1. The molecular formula is C25H31NO2. The van der Waals surface area contributed by atoms with Crippen molar-refractivity contribution in [2.75, 3.05) is 19.0 Å². The lowest BCUT2D eigenvalue weighted by Crippen LogP contribution is -2.34. The Bertz CT molecular complexity index is 880. The lowest BCUT2D eigenvalue weighted by atomic mass is 9.85. The second kappa shape index (κ2) is 8.66. The first-order valence-corrected chi connectivity index (χ1v) is 10.0. The van der Waals surface area contributed by atoms with Crippen molar-refractivity contribution in [1.29, 1.82) is 0 Å². The van der Waals surface area contributed by atoms with Crippen LogP contribution in [0, 0.1) is 0 Å². The van der Waals surface area contributed by atoms with Gasteiger partial charge in [-0.05, 0) is 38.8 Å². The predicted molar refractivity (Wildman–Crippen MR) is 119 cm³/mol. The van der Waals surface area contributed by atoms with Gasteiger partial charge < -0.3 is 14.8 Å². The molecule has 0 fully saturated rings. The van der Waals surface area contributed by atoms with Crippen molar-refractivity contribution < 1.29 is 9.47 Å². The van der Waals surface area contributed by atoms with Gasteiger partial charge in [-0.15, -0.1) is 0 Å². The quantitative estimate of drug-likeness (QED) is 0.573. The van der Waals surface area contributed by atoms with Crippen LogP contribution in [0.25, 0.3) is 16.7 Å². The molecule has 2 aromatic rings. The first-order chi connectivity index (χ1) is 13.5. The standard InChI is InChI=1S/C25H31NO2/c1-6-7-10-16-28-18(2)22-17-25(3,4)26-24-20(13-11-14-21(22)24)19-12-8-9-15-23(19)27-5/h7-15,17-18,26H,6,16H2,1-5H3/b10-7+. The van der Waals surface area contributed by atoms with Gasteiger partial charge in [-0.3, -0.25) is 0 Å². The highest BCUT2D eigenvalue weighted by atomic mass is 16.5. The molecule has 3 rings (SSSR count). The van der Waals surface area contributed by atoms with E-state index in [1.54, 1.807) is 7.11 Å². The highest BCUT2D eigenvalue weighted by molar-refractivity contribution is 5.93. The Kier molecular flexibility index (Phi) is 6.25. The fraction of sp³-hybridized carbons (Fsp3) is 0.360. The summed E-state index contributed by atoms with van der Waals surface area (Å²) in [4.78, 5) is 0. The zero-order chi connectivity index (χ0) is 20.1. The van der Waals surface area contributed by atoms with Crippen molar-refractivity contribution in [2.24, 2.45) is 0 Å². The van der Waals surface area contributed by atoms with Crippen LogP contribution in [0.5, 0.6) is 5.75 Å². The van der Waals surface area contributed by atoms with E-state index in [1.807, 2.05) is 18.2 Å². The van der Waals surface area contributed by atoms with Crippen LogP contribution in [0.2, 0.25) is 0 Å². The molecule has 0 aliphatic carbocycles. The molecule has 1 aliphatic rings. The monoisotopic (exact) mass is 377 g/mol. The zero-order valence-corrected chi connectivity index (χ0v) is 17.6. The summed E-state index contributed by atoms with van der Waals surface area (Å²) in [6.45, 7) is 9.28. The van der Waals surface area contributed by atoms with E-state index in [0.29, 0.717) is 6.61 Å². The van der Waals surface area contributed by atoms with Gasteiger partial charge >= 0.3 is 0 Å².